The molecule has 0 saturated heterocycles. The molecular weight excluding hydrogens is 434 g/mol. The molecule has 4 rings (SSSR count). The van der Waals surface area contributed by atoms with E-state index in [0.717, 1.165) is 5.56 Å². The first-order valence-electron chi connectivity index (χ1n) is 9.75. The zero-order valence-electron chi connectivity index (χ0n) is 17.7. The normalized spacial score (nSPS) is 17.2. The van der Waals surface area contributed by atoms with Crippen molar-refractivity contribution in [1.82, 2.24) is 0 Å². The van der Waals surface area contributed by atoms with Crippen molar-refractivity contribution >= 4 is 34.5 Å². The minimum absolute atomic E-state index is 0.0126. The van der Waals surface area contributed by atoms with Crippen LogP contribution < -0.4 is 18.9 Å². The number of aliphatic hydroxyl groups is 1. The van der Waals surface area contributed by atoms with Crippen molar-refractivity contribution in [3.05, 3.63) is 58.2 Å². The van der Waals surface area contributed by atoms with Gasteiger partial charge in [-0.1, -0.05) is 17.8 Å². The maximum absolute atomic E-state index is 12.6. The van der Waals surface area contributed by atoms with Crippen LogP contribution in [-0.4, -0.2) is 43.7 Å². The Morgan fingerprint density at radius 2 is 1.91 bits per heavy atom. The van der Waals surface area contributed by atoms with Crippen LogP contribution in [0.15, 0.2) is 57.6 Å². The molecule has 0 saturated carbocycles. The van der Waals surface area contributed by atoms with Crippen LogP contribution >= 0.6 is 11.8 Å². The molecule has 0 amide bonds. The highest BCUT2D eigenvalue weighted by molar-refractivity contribution is 8.18. The van der Waals surface area contributed by atoms with E-state index in [1.165, 1.54) is 18.9 Å². The number of aliphatic hydroxyl groups excluding tert-OH is 1. The second-order valence-corrected chi connectivity index (χ2v) is 7.65. The van der Waals surface area contributed by atoms with E-state index >= 15 is 0 Å². The summed E-state index contributed by atoms with van der Waals surface area (Å²) in [6.45, 7) is 2.04. The SMILES string of the molecule is CCOC(=O)C1=C(O)/C(=C\c2ccc3c(c2)OCO3)SC1=Nc1ccc(OC)c(OC)c1. The third-order valence-electron chi connectivity index (χ3n) is 4.66. The van der Waals surface area contributed by atoms with E-state index < -0.39 is 5.97 Å². The molecule has 2 aromatic carbocycles. The molecule has 0 aliphatic carbocycles. The van der Waals surface area contributed by atoms with E-state index in [1.807, 2.05) is 6.07 Å². The Kier molecular flexibility index (Phi) is 6.27. The molecule has 0 radical (unpaired) electrons. The highest BCUT2D eigenvalue weighted by Gasteiger charge is 2.33. The average molecular weight is 455 g/mol. The summed E-state index contributed by atoms with van der Waals surface area (Å²) in [5, 5.41) is 11.2. The Morgan fingerprint density at radius 1 is 1.12 bits per heavy atom. The summed E-state index contributed by atoms with van der Waals surface area (Å²) in [5.74, 6) is 1.50. The summed E-state index contributed by atoms with van der Waals surface area (Å²) in [6, 6.07) is 10.6. The van der Waals surface area contributed by atoms with Gasteiger partial charge in [0.1, 0.15) is 16.4 Å². The van der Waals surface area contributed by atoms with Crippen LogP contribution in [0.4, 0.5) is 5.69 Å². The molecule has 1 N–H and O–H groups in total. The summed E-state index contributed by atoms with van der Waals surface area (Å²) in [5.41, 5.74) is 1.32. The Hall–Kier alpha value is -3.59. The molecule has 2 aliphatic rings. The first-order chi connectivity index (χ1) is 15.5. The van der Waals surface area contributed by atoms with Gasteiger partial charge in [0.15, 0.2) is 23.0 Å². The second-order valence-electron chi connectivity index (χ2n) is 6.62. The van der Waals surface area contributed by atoms with Crippen LogP contribution in [0.5, 0.6) is 23.0 Å². The van der Waals surface area contributed by atoms with Gasteiger partial charge in [0.25, 0.3) is 0 Å². The molecule has 166 valence electrons. The van der Waals surface area contributed by atoms with E-state index in [9.17, 15) is 9.90 Å². The number of aliphatic imine (C=N–C) groups is 1. The van der Waals surface area contributed by atoms with Crippen LogP contribution in [-0.2, 0) is 9.53 Å². The molecule has 0 atom stereocenters. The number of carbonyl (C=O) groups excluding carboxylic acids is 1. The number of thioether (sulfide) groups is 1. The topological polar surface area (TPSA) is 95.8 Å². The zero-order chi connectivity index (χ0) is 22.7. The predicted octanol–water partition coefficient (Wildman–Crippen LogP) is 4.63. The van der Waals surface area contributed by atoms with Gasteiger partial charge < -0.3 is 28.8 Å². The minimum Gasteiger partial charge on any atom is -0.506 e. The van der Waals surface area contributed by atoms with Gasteiger partial charge in [-0.25, -0.2) is 9.79 Å². The third kappa shape index (κ3) is 4.24. The van der Waals surface area contributed by atoms with E-state index in [0.29, 0.717) is 38.6 Å². The van der Waals surface area contributed by atoms with E-state index in [4.69, 9.17) is 23.7 Å². The average Bonchev–Trinajstić information content (AvgIpc) is 3.37. The monoisotopic (exact) mass is 455 g/mol. The first kappa shape index (κ1) is 21.6. The summed E-state index contributed by atoms with van der Waals surface area (Å²) in [4.78, 5) is 17.6. The zero-order valence-corrected chi connectivity index (χ0v) is 18.5. The smallest absolute Gasteiger partial charge is 0.344 e. The first-order valence-corrected chi connectivity index (χ1v) is 10.6. The van der Waals surface area contributed by atoms with Crippen molar-refractivity contribution in [2.75, 3.05) is 27.6 Å². The number of methoxy groups -OCH3 is 2. The molecule has 2 heterocycles. The Labute approximate surface area is 189 Å². The molecule has 0 spiro atoms. The fraction of sp³-hybridized carbons (Fsp3) is 0.217. The van der Waals surface area contributed by atoms with Gasteiger partial charge in [0, 0.05) is 6.07 Å². The summed E-state index contributed by atoms with van der Waals surface area (Å²) in [7, 11) is 3.07. The number of hydrogen-bond donors (Lipinski definition) is 1. The number of esters is 1. The van der Waals surface area contributed by atoms with E-state index in [2.05, 4.69) is 4.99 Å². The lowest BCUT2D eigenvalue weighted by atomic mass is 10.1. The lowest BCUT2D eigenvalue weighted by Gasteiger charge is -2.08. The number of rotatable bonds is 6. The Bertz CT molecular complexity index is 1150. The number of carbonyl (C=O) groups is 1. The summed E-state index contributed by atoms with van der Waals surface area (Å²) in [6.07, 6.45) is 1.75. The summed E-state index contributed by atoms with van der Waals surface area (Å²) < 4.78 is 26.5. The summed E-state index contributed by atoms with van der Waals surface area (Å²) >= 11 is 1.17. The van der Waals surface area contributed by atoms with Gasteiger partial charge in [-0.3, -0.25) is 0 Å². The quantitative estimate of drug-likeness (QED) is 0.630. The van der Waals surface area contributed by atoms with Crippen LogP contribution in [0.1, 0.15) is 12.5 Å². The van der Waals surface area contributed by atoms with E-state index in [1.54, 1.807) is 50.4 Å². The maximum Gasteiger partial charge on any atom is 0.344 e. The molecule has 2 aliphatic heterocycles. The van der Waals surface area contributed by atoms with Crippen LogP contribution in [0.25, 0.3) is 6.08 Å². The van der Waals surface area contributed by atoms with Gasteiger partial charge in [-0.15, -0.1) is 0 Å². The highest BCUT2D eigenvalue weighted by Crippen LogP contribution is 2.42. The number of benzene rings is 2. The number of fused-ring (bicyclic) bond motifs is 1. The molecule has 8 nitrogen and oxygen atoms in total. The van der Waals surface area contributed by atoms with Crippen molar-refractivity contribution in [2.45, 2.75) is 6.92 Å². The fourth-order valence-corrected chi connectivity index (χ4v) is 4.19. The Morgan fingerprint density at radius 3 is 2.66 bits per heavy atom. The molecule has 0 bridgehead atoms. The third-order valence-corrected chi connectivity index (χ3v) is 5.68. The van der Waals surface area contributed by atoms with Gasteiger partial charge in [0.05, 0.1) is 31.4 Å². The van der Waals surface area contributed by atoms with Crippen LogP contribution in [0.3, 0.4) is 0 Å². The number of hydrogen-bond acceptors (Lipinski definition) is 9. The largest absolute Gasteiger partial charge is 0.506 e. The van der Waals surface area contributed by atoms with Gasteiger partial charge >= 0.3 is 5.97 Å². The predicted molar refractivity (Wildman–Crippen MR) is 121 cm³/mol. The van der Waals surface area contributed by atoms with Crippen molar-refractivity contribution in [3.63, 3.8) is 0 Å². The lowest BCUT2D eigenvalue weighted by Crippen LogP contribution is -2.12. The van der Waals surface area contributed by atoms with Crippen molar-refractivity contribution < 1.29 is 33.6 Å². The standard InChI is InChI=1S/C23H21NO7S/c1-4-29-23(26)20-21(25)19(10-13-5-7-16-18(9-13)31-12-30-16)32-22(20)24-14-6-8-15(27-2)17(11-14)28-3/h5-11,25H,4,12H2,1-3H3/b19-10+,24-22?. The molecule has 0 unspecified atom stereocenters. The fourth-order valence-electron chi connectivity index (χ4n) is 3.16. The van der Waals surface area contributed by atoms with Crippen LogP contribution in [0, 0.1) is 0 Å². The molecule has 32 heavy (non-hydrogen) atoms. The van der Waals surface area contributed by atoms with Crippen molar-refractivity contribution in [1.29, 1.82) is 0 Å². The van der Waals surface area contributed by atoms with E-state index in [-0.39, 0.29) is 24.7 Å². The van der Waals surface area contributed by atoms with Gasteiger partial charge in [-0.2, -0.15) is 0 Å². The molecular formula is C23H21NO7S. The van der Waals surface area contributed by atoms with Crippen molar-refractivity contribution in [2.24, 2.45) is 4.99 Å². The molecule has 9 heteroatoms. The number of nitrogens with zero attached hydrogens (tertiary/aromatic N) is 1. The minimum atomic E-state index is -0.647. The van der Waals surface area contributed by atoms with Gasteiger partial charge in [0.2, 0.25) is 6.79 Å². The highest BCUT2D eigenvalue weighted by atomic mass is 32.2. The lowest BCUT2D eigenvalue weighted by molar-refractivity contribution is -0.138. The Balaban J connectivity index is 1.73. The van der Waals surface area contributed by atoms with Crippen molar-refractivity contribution in [3.8, 4) is 23.0 Å². The molecule has 0 aromatic heterocycles. The maximum atomic E-state index is 12.6. The molecule has 2 aromatic rings. The second kappa shape index (κ2) is 9.27. The molecule has 0 fully saturated rings. The van der Waals surface area contributed by atoms with Crippen LogP contribution in [0.2, 0.25) is 0 Å². The van der Waals surface area contributed by atoms with Gasteiger partial charge in [-0.05, 0) is 42.8 Å². The number of ether oxygens (including phenoxy) is 5.